The van der Waals surface area contributed by atoms with Gasteiger partial charge in [-0.1, -0.05) is 19.3 Å². The van der Waals surface area contributed by atoms with Gasteiger partial charge in [-0.15, -0.1) is 0 Å². The number of hydrogen-bond acceptors (Lipinski definition) is 2. The van der Waals surface area contributed by atoms with Crippen molar-refractivity contribution in [3.8, 4) is 0 Å². The van der Waals surface area contributed by atoms with Crippen molar-refractivity contribution >= 4 is 5.97 Å². The lowest BCUT2D eigenvalue weighted by atomic mass is 9.74. The van der Waals surface area contributed by atoms with E-state index in [1.54, 1.807) is 0 Å². The minimum absolute atomic E-state index is 0.372. The molecular weight excluding hydrogens is 178 g/mol. The van der Waals surface area contributed by atoms with Gasteiger partial charge >= 0.3 is 5.97 Å². The highest BCUT2D eigenvalue weighted by atomic mass is 16.4. The fourth-order valence-corrected chi connectivity index (χ4v) is 3.07. The largest absolute Gasteiger partial charge is 0.480 e. The normalized spacial score (nSPS) is 34.6. The van der Waals surface area contributed by atoms with E-state index in [-0.39, 0.29) is 0 Å². The van der Waals surface area contributed by atoms with Crippen molar-refractivity contribution in [2.45, 2.75) is 50.5 Å². The van der Waals surface area contributed by atoms with Crippen LogP contribution in [-0.4, -0.2) is 23.2 Å². The van der Waals surface area contributed by atoms with Crippen LogP contribution in [-0.2, 0) is 4.79 Å². The molecule has 0 radical (unpaired) electrons. The Morgan fingerprint density at radius 2 is 1.93 bits per heavy atom. The Morgan fingerprint density at radius 1 is 1.21 bits per heavy atom. The van der Waals surface area contributed by atoms with Gasteiger partial charge in [0.1, 0.15) is 5.54 Å². The van der Waals surface area contributed by atoms with Crippen LogP contribution in [0.25, 0.3) is 0 Å². The van der Waals surface area contributed by atoms with Crippen LogP contribution in [0, 0.1) is 5.92 Å². The second-order valence-electron chi connectivity index (χ2n) is 4.64. The van der Waals surface area contributed by atoms with Crippen LogP contribution in [0.2, 0.25) is 0 Å². The first-order chi connectivity index (χ1) is 6.76. The molecule has 0 aromatic rings. The molecule has 0 bridgehead atoms. The molecule has 80 valence electrons. The van der Waals surface area contributed by atoms with Gasteiger partial charge in [0.05, 0.1) is 0 Å². The second kappa shape index (κ2) is 3.89. The summed E-state index contributed by atoms with van der Waals surface area (Å²) in [5.74, 6) is -0.252. The van der Waals surface area contributed by atoms with E-state index in [0.717, 1.165) is 32.2 Å². The Hall–Kier alpha value is -0.570. The fraction of sp³-hybridized carbons (Fsp3) is 0.909. The average molecular weight is 197 g/mol. The van der Waals surface area contributed by atoms with Gasteiger partial charge < -0.3 is 10.4 Å². The van der Waals surface area contributed by atoms with Crippen molar-refractivity contribution in [1.29, 1.82) is 0 Å². The molecule has 3 heteroatoms. The van der Waals surface area contributed by atoms with Crippen LogP contribution in [0.15, 0.2) is 0 Å². The van der Waals surface area contributed by atoms with E-state index in [2.05, 4.69) is 5.32 Å². The number of aliphatic carboxylic acids is 1. The van der Waals surface area contributed by atoms with Crippen molar-refractivity contribution in [1.82, 2.24) is 5.32 Å². The van der Waals surface area contributed by atoms with Crippen LogP contribution in [0.3, 0.4) is 0 Å². The third kappa shape index (κ3) is 1.54. The predicted molar refractivity (Wildman–Crippen MR) is 54.2 cm³/mol. The molecule has 0 spiro atoms. The third-order valence-corrected chi connectivity index (χ3v) is 3.87. The third-order valence-electron chi connectivity index (χ3n) is 3.87. The SMILES string of the molecule is O=C(O)C1(C2CCCCC2)CCCN1. The molecule has 3 nitrogen and oxygen atoms in total. The zero-order valence-corrected chi connectivity index (χ0v) is 8.59. The van der Waals surface area contributed by atoms with Crippen LogP contribution < -0.4 is 5.32 Å². The molecule has 2 aliphatic rings. The van der Waals surface area contributed by atoms with E-state index in [9.17, 15) is 9.90 Å². The number of carboxylic acid groups (broad SMARTS) is 1. The molecule has 1 aliphatic heterocycles. The van der Waals surface area contributed by atoms with Gasteiger partial charge in [-0.25, -0.2) is 0 Å². The predicted octanol–water partition coefficient (Wildman–Crippen LogP) is 1.77. The standard InChI is InChI=1S/C11H19NO2/c13-10(14)11(7-4-8-12-11)9-5-2-1-3-6-9/h9,12H,1-8H2,(H,13,14). The molecule has 2 N–H and O–H groups in total. The van der Waals surface area contributed by atoms with Gasteiger partial charge in [-0.2, -0.15) is 0 Å². The molecule has 0 aromatic heterocycles. The zero-order valence-electron chi connectivity index (χ0n) is 8.59. The van der Waals surface area contributed by atoms with E-state index in [1.165, 1.54) is 19.3 Å². The molecule has 2 rings (SSSR count). The van der Waals surface area contributed by atoms with E-state index < -0.39 is 11.5 Å². The number of nitrogens with one attached hydrogen (secondary N) is 1. The van der Waals surface area contributed by atoms with Crippen molar-refractivity contribution in [3.05, 3.63) is 0 Å². The molecule has 1 unspecified atom stereocenters. The number of hydrogen-bond donors (Lipinski definition) is 2. The Labute approximate surface area is 84.9 Å². The zero-order chi connectivity index (χ0) is 10.0. The maximum atomic E-state index is 11.4. The summed E-state index contributed by atoms with van der Waals surface area (Å²) < 4.78 is 0. The van der Waals surface area contributed by atoms with E-state index in [4.69, 9.17) is 0 Å². The van der Waals surface area contributed by atoms with Crippen molar-refractivity contribution in [2.75, 3.05) is 6.54 Å². The van der Waals surface area contributed by atoms with Gasteiger partial charge in [0, 0.05) is 0 Å². The van der Waals surface area contributed by atoms with Crippen LogP contribution in [0.4, 0.5) is 0 Å². The second-order valence-corrected chi connectivity index (χ2v) is 4.64. The highest BCUT2D eigenvalue weighted by Crippen LogP contribution is 2.37. The topological polar surface area (TPSA) is 49.3 Å². The van der Waals surface area contributed by atoms with Crippen LogP contribution >= 0.6 is 0 Å². The van der Waals surface area contributed by atoms with Gasteiger partial charge in [0.15, 0.2) is 0 Å². The lowest BCUT2D eigenvalue weighted by Gasteiger charge is -2.36. The maximum Gasteiger partial charge on any atom is 0.324 e. The molecule has 0 aromatic carbocycles. The van der Waals surface area contributed by atoms with Crippen molar-refractivity contribution in [2.24, 2.45) is 5.92 Å². The summed E-state index contributed by atoms with van der Waals surface area (Å²) in [5, 5.41) is 12.6. The number of carbonyl (C=O) groups is 1. The average Bonchev–Trinajstić information content (AvgIpc) is 2.69. The fourth-order valence-electron chi connectivity index (χ4n) is 3.07. The van der Waals surface area contributed by atoms with Gasteiger partial charge in [-0.05, 0) is 38.1 Å². The summed E-state index contributed by atoms with van der Waals surface area (Å²) in [6.07, 6.45) is 7.74. The van der Waals surface area contributed by atoms with E-state index in [1.807, 2.05) is 0 Å². The Bertz CT molecular complexity index is 215. The minimum atomic E-state index is -0.623. The Kier molecular flexibility index (Phi) is 2.77. The van der Waals surface area contributed by atoms with Crippen molar-refractivity contribution < 1.29 is 9.90 Å². The van der Waals surface area contributed by atoms with E-state index >= 15 is 0 Å². The summed E-state index contributed by atoms with van der Waals surface area (Å²) >= 11 is 0. The lowest BCUT2D eigenvalue weighted by molar-refractivity contribution is -0.147. The molecule has 1 atom stereocenters. The van der Waals surface area contributed by atoms with Gasteiger partial charge in [0.25, 0.3) is 0 Å². The summed E-state index contributed by atoms with van der Waals surface area (Å²) in [6.45, 7) is 0.878. The monoisotopic (exact) mass is 197 g/mol. The summed E-state index contributed by atoms with van der Waals surface area (Å²) in [6, 6.07) is 0. The lowest BCUT2D eigenvalue weighted by Crippen LogP contribution is -2.54. The van der Waals surface area contributed by atoms with E-state index in [0.29, 0.717) is 5.92 Å². The molecule has 1 heterocycles. The first kappa shape index (κ1) is 9.97. The van der Waals surface area contributed by atoms with Gasteiger partial charge in [0.2, 0.25) is 0 Å². The quantitative estimate of drug-likeness (QED) is 0.709. The Morgan fingerprint density at radius 3 is 2.43 bits per heavy atom. The van der Waals surface area contributed by atoms with Crippen LogP contribution in [0.1, 0.15) is 44.9 Å². The number of carboxylic acids is 1. The highest BCUT2D eigenvalue weighted by molar-refractivity contribution is 5.79. The molecule has 14 heavy (non-hydrogen) atoms. The summed E-state index contributed by atoms with van der Waals surface area (Å²) in [5.41, 5.74) is -0.569. The molecular formula is C11H19NO2. The Balaban J connectivity index is 2.12. The van der Waals surface area contributed by atoms with Crippen molar-refractivity contribution in [3.63, 3.8) is 0 Å². The smallest absolute Gasteiger partial charge is 0.324 e. The summed E-state index contributed by atoms with van der Waals surface area (Å²) in [7, 11) is 0. The molecule has 1 saturated heterocycles. The molecule has 0 amide bonds. The minimum Gasteiger partial charge on any atom is -0.480 e. The highest BCUT2D eigenvalue weighted by Gasteiger charge is 2.47. The first-order valence-corrected chi connectivity index (χ1v) is 5.74. The first-order valence-electron chi connectivity index (χ1n) is 5.74. The molecule has 2 fully saturated rings. The summed E-state index contributed by atoms with van der Waals surface area (Å²) in [4.78, 5) is 11.4. The van der Waals surface area contributed by atoms with Crippen LogP contribution in [0.5, 0.6) is 0 Å². The maximum absolute atomic E-state index is 11.4. The molecule has 1 aliphatic carbocycles. The van der Waals surface area contributed by atoms with Gasteiger partial charge in [-0.3, -0.25) is 4.79 Å². The molecule has 1 saturated carbocycles. The number of rotatable bonds is 2.